The zero-order chi connectivity index (χ0) is 8.27. The summed E-state index contributed by atoms with van der Waals surface area (Å²) >= 11 is 0. The van der Waals surface area contributed by atoms with Crippen molar-refractivity contribution in [2.75, 3.05) is 0 Å². The third-order valence-electron chi connectivity index (χ3n) is 1.09. The van der Waals surface area contributed by atoms with E-state index in [0.717, 1.165) is 0 Å². The van der Waals surface area contributed by atoms with Crippen molar-refractivity contribution in [3.63, 3.8) is 0 Å². The second-order valence-corrected chi connectivity index (χ2v) is 1.97. The molecule has 1 aromatic rings. The third-order valence-corrected chi connectivity index (χ3v) is 1.09. The maximum atomic E-state index is 10.1. The molecule has 0 radical (unpaired) electrons. The molecule has 60 valence electrons. The molecule has 1 heterocycles. The van der Waals surface area contributed by atoms with Gasteiger partial charge in [-0.2, -0.15) is 5.21 Å². The fourth-order valence-corrected chi connectivity index (χ4v) is 0.606. The molecule has 11 heavy (non-hydrogen) atoms. The fraction of sp³-hybridized carbons (Fsp3) is 0.500. The number of nitrogens with two attached hydrogens (primary N) is 1. The van der Waals surface area contributed by atoms with Crippen molar-refractivity contribution >= 4 is 5.97 Å². The minimum Gasteiger partial charge on any atom is -0.481 e. The highest BCUT2D eigenvalue weighted by Crippen LogP contribution is 2.05. The molecule has 0 aliphatic carbocycles. The van der Waals surface area contributed by atoms with Crippen LogP contribution in [0.15, 0.2) is 0 Å². The lowest BCUT2D eigenvalue weighted by Gasteiger charge is -2.00. The Morgan fingerprint density at radius 3 is 3.00 bits per heavy atom. The fourth-order valence-electron chi connectivity index (χ4n) is 0.606. The van der Waals surface area contributed by atoms with Gasteiger partial charge in [0.2, 0.25) is 0 Å². The summed E-state index contributed by atoms with van der Waals surface area (Å²) in [7, 11) is 0. The molecule has 1 aromatic heterocycles. The SMILES string of the molecule is N[C@@H](CC(=O)O)c1nn[nH]n1. The monoisotopic (exact) mass is 157 g/mol. The summed E-state index contributed by atoms with van der Waals surface area (Å²) in [6, 6.07) is -0.689. The van der Waals surface area contributed by atoms with Crippen LogP contribution in [0.1, 0.15) is 18.3 Å². The summed E-state index contributed by atoms with van der Waals surface area (Å²) in [6.45, 7) is 0. The Bertz CT molecular complexity index is 233. The van der Waals surface area contributed by atoms with Gasteiger partial charge in [0.25, 0.3) is 0 Å². The lowest BCUT2D eigenvalue weighted by molar-refractivity contribution is -0.137. The van der Waals surface area contributed by atoms with E-state index in [1.54, 1.807) is 0 Å². The molecule has 0 unspecified atom stereocenters. The first-order valence-electron chi connectivity index (χ1n) is 2.91. The van der Waals surface area contributed by atoms with Crippen molar-refractivity contribution in [3.8, 4) is 0 Å². The van der Waals surface area contributed by atoms with Crippen molar-refractivity contribution < 1.29 is 9.90 Å². The Morgan fingerprint density at radius 1 is 1.82 bits per heavy atom. The number of carboxylic acids is 1. The summed E-state index contributed by atoms with van der Waals surface area (Å²) in [6.07, 6.45) is -0.195. The van der Waals surface area contributed by atoms with Gasteiger partial charge in [-0.25, -0.2) is 0 Å². The van der Waals surface area contributed by atoms with Gasteiger partial charge in [0.05, 0.1) is 12.5 Å². The van der Waals surface area contributed by atoms with E-state index in [1.807, 2.05) is 0 Å². The summed E-state index contributed by atoms with van der Waals surface area (Å²) in [5.74, 6) is -0.769. The maximum Gasteiger partial charge on any atom is 0.305 e. The Labute approximate surface area is 61.6 Å². The molecule has 1 atom stereocenters. The molecular weight excluding hydrogens is 150 g/mol. The van der Waals surface area contributed by atoms with Crippen LogP contribution < -0.4 is 5.73 Å². The Balaban J connectivity index is 2.56. The number of hydrogen-bond acceptors (Lipinski definition) is 5. The molecule has 0 fully saturated rings. The highest BCUT2D eigenvalue weighted by atomic mass is 16.4. The first kappa shape index (κ1) is 7.61. The lowest BCUT2D eigenvalue weighted by Crippen LogP contribution is -2.16. The highest BCUT2D eigenvalue weighted by Gasteiger charge is 2.13. The summed E-state index contributed by atoms with van der Waals surface area (Å²) in [5, 5.41) is 20.8. The van der Waals surface area contributed by atoms with Gasteiger partial charge < -0.3 is 10.8 Å². The van der Waals surface area contributed by atoms with Gasteiger partial charge in [0, 0.05) is 0 Å². The number of aromatic nitrogens is 4. The van der Waals surface area contributed by atoms with Gasteiger partial charge in [-0.15, -0.1) is 10.2 Å². The molecule has 0 bridgehead atoms. The van der Waals surface area contributed by atoms with Crippen molar-refractivity contribution in [3.05, 3.63) is 5.82 Å². The van der Waals surface area contributed by atoms with E-state index in [0.29, 0.717) is 0 Å². The Kier molecular flexibility index (Phi) is 2.12. The highest BCUT2D eigenvalue weighted by molar-refractivity contribution is 5.67. The van der Waals surface area contributed by atoms with Crippen LogP contribution in [-0.4, -0.2) is 31.7 Å². The summed E-state index contributed by atoms with van der Waals surface area (Å²) in [5.41, 5.74) is 5.37. The van der Waals surface area contributed by atoms with Crippen LogP contribution in [-0.2, 0) is 4.79 Å². The van der Waals surface area contributed by atoms with E-state index >= 15 is 0 Å². The number of hydrogen-bond donors (Lipinski definition) is 3. The number of rotatable bonds is 3. The summed E-state index contributed by atoms with van der Waals surface area (Å²) in [4.78, 5) is 10.1. The van der Waals surface area contributed by atoms with E-state index in [4.69, 9.17) is 10.8 Å². The average molecular weight is 157 g/mol. The van der Waals surface area contributed by atoms with Gasteiger partial charge in [0.1, 0.15) is 0 Å². The Morgan fingerprint density at radius 2 is 2.55 bits per heavy atom. The molecule has 0 aromatic carbocycles. The van der Waals surface area contributed by atoms with Crippen molar-refractivity contribution in [2.45, 2.75) is 12.5 Å². The standard InChI is InChI=1S/C4H7N5O2/c5-2(1-3(10)11)4-6-8-9-7-4/h2H,1,5H2,(H,10,11)(H,6,7,8,9)/t2-/m0/s1. The molecule has 0 spiro atoms. The third kappa shape index (κ3) is 1.97. The van der Waals surface area contributed by atoms with Crippen molar-refractivity contribution in [2.24, 2.45) is 5.73 Å². The van der Waals surface area contributed by atoms with E-state index in [-0.39, 0.29) is 12.2 Å². The van der Waals surface area contributed by atoms with Gasteiger partial charge in [-0.3, -0.25) is 4.79 Å². The Hall–Kier alpha value is -1.50. The molecule has 0 saturated carbocycles. The first-order valence-corrected chi connectivity index (χ1v) is 2.91. The van der Waals surface area contributed by atoms with Crippen LogP contribution in [0.25, 0.3) is 0 Å². The topological polar surface area (TPSA) is 118 Å². The zero-order valence-electron chi connectivity index (χ0n) is 5.56. The minimum atomic E-state index is -0.984. The van der Waals surface area contributed by atoms with Crippen LogP contribution in [0.5, 0.6) is 0 Å². The van der Waals surface area contributed by atoms with Crippen LogP contribution >= 0.6 is 0 Å². The smallest absolute Gasteiger partial charge is 0.305 e. The molecule has 0 saturated heterocycles. The van der Waals surface area contributed by atoms with Crippen molar-refractivity contribution in [1.82, 2.24) is 20.6 Å². The normalized spacial score (nSPS) is 12.8. The van der Waals surface area contributed by atoms with Gasteiger partial charge in [-0.05, 0) is 0 Å². The number of aromatic amines is 1. The summed E-state index contributed by atoms with van der Waals surface area (Å²) < 4.78 is 0. The molecule has 4 N–H and O–H groups in total. The predicted molar refractivity (Wildman–Crippen MR) is 33.4 cm³/mol. The minimum absolute atomic E-state index is 0.195. The lowest BCUT2D eigenvalue weighted by atomic mass is 10.2. The number of carbonyl (C=O) groups is 1. The zero-order valence-corrected chi connectivity index (χ0v) is 5.56. The number of nitrogens with one attached hydrogen (secondary N) is 1. The second-order valence-electron chi connectivity index (χ2n) is 1.97. The molecule has 7 heteroatoms. The number of nitrogens with zero attached hydrogens (tertiary/aromatic N) is 3. The van der Waals surface area contributed by atoms with E-state index < -0.39 is 12.0 Å². The van der Waals surface area contributed by atoms with Crippen LogP contribution in [0.4, 0.5) is 0 Å². The molecule has 1 rings (SSSR count). The molecule has 7 nitrogen and oxygen atoms in total. The second kappa shape index (κ2) is 3.06. The van der Waals surface area contributed by atoms with Gasteiger partial charge in [0.15, 0.2) is 5.82 Å². The van der Waals surface area contributed by atoms with E-state index in [9.17, 15) is 4.79 Å². The van der Waals surface area contributed by atoms with Crippen LogP contribution in [0, 0.1) is 0 Å². The van der Waals surface area contributed by atoms with E-state index in [2.05, 4.69) is 20.6 Å². The number of H-pyrrole nitrogens is 1. The molecule has 0 amide bonds. The first-order chi connectivity index (χ1) is 5.20. The number of carboxylic acid groups (broad SMARTS) is 1. The van der Waals surface area contributed by atoms with Crippen LogP contribution in [0.3, 0.4) is 0 Å². The number of tetrazole rings is 1. The maximum absolute atomic E-state index is 10.1. The molecular formula is C4H7N5O2. The van der Waals surface area contributed by atoms with Gasteiger partial charge in [-0.1, -0.05) is 5.21 Å². The van der Waals surface area contributed by atoms with Crippen molar-refractivity contribution in [1.29, 1.82) is 0 Å². The average Bonchev–Trinajstić information content (AvgIpc) is 2.35. The quantitative estimate of drug-likeness (QED) is 0.500. The van der Waals surface area contributed by atoms with E-state index in [1.165, 1.54) is 0 Å². The molecule has 0 aliphatic rings. The van der Waals surface area contributed by atoms with Gasteiger partial charge >= 0.3 is 5.97 Å². The van der Waals surface area contributed by atoms with Crippen LogP contribution in [0.2, 0.25) is 0 Å². The molecule has 0 aliphatic heterocycles. The largest absolute Gasteiger partial charge is 0.481 e. The predicted octanol–water partition coefficient (Wildman–Crippen LogP) is -1.33. The number of aliphatic carboxylic acids is 1.